The van der Waals surface area contributed by atoms with Gasteiger partial charge in [0.2, 0.25) is 15.9 Å². The van der Waals surface area contributed by atoms with Gasteiger partial charge in [-0.1, -0.05) is 6.92 Å². The van der Waals surface area contributed by atoms with E-state index in [4.69, 9.17) is 0 Å². The third-order valence-electron chi connectivity index (χ3n) is 5.66. The maximum Gasteiger partial charge on any atom is 0.240 e. The first kappa shape index (κ1) is 20.3. The Hall–Kier alpha value is -1.44. The molecule has 2 aliphatic heterocycles. The van der Waals surface area contributed by atoms with Crippen LogP contribution in [0.3, 0.4) is 0 Å². The normalized spacial score (nSPS) is 19.8. The molecule has 1 aromatic rings. The molecule has 27 heavy (non-hydrogen) atoms. The molecule has 3 rings (SSSR count). The van der Waals surface area contributed by atoms with Gasteiger partial charge in [-0.3, -0.25) is 4.79 Å². The molecule has 1 amide bonds. The van der Waals surface area contributed by atoms with Crippen molar-refractivity contribution in [3.8, 4) is 0 Å². The van der Waals surface area contributed by atoms with Crippen LogP contribution in [-0.2, 0) is 14.8 Å². The molecule has 7 heteroatoms. The number of nitrogens with zero attached hydrogens (tertiary/aromatic N) is 2. The topological polar surface area (TPSA) is 69.7 Å². The number of rotatable bonds is 7. The van der Waals surface area contributed by atoms with E-state index in [0.29, 0.717) is 19.5 Å². The Labute approximate surface area is 163 Å². The van der Waals surface area contributed by atoms with Crippen molar-refractivity contribution in [3.63, 3.8) is 0 Å². The van der Waals surface area contributed by atoms with Gasteiger partial charge >= 0.3 is 0 Å². The molecule has 150 valence electrons. The van der Waals surface area contributed by atoms with Crippen molar-refractivity contribution >= 4 is 21.6 Å². The second-order valence-corrected chi connectivity index (χ2v) is 9.64. The molecule has 0 aliphatic carbocycles. The molecular formula is C20H31N3O3S. The van der Waals surface area contributed by atoms with Crippen LogP contribution >= 0.6 is 0 Å². The molecular weight excluding hydrogens is 362 g/mol. The Kier molecular flexibility index (Phi) is 6.55. The van der Waals surface area contributed by atoms with E-state index < -0.39 is 10.0 Å². The van der Waals surface area contributed by atoms with E-state index in [0.717, 1.165) is 49.6 Å². The van der Waals surface area contributed by atoms with Gasteiger partial charge in [0.05, 0.1) is 4.90 Å². The van der Waals surface area contributed by atoms with Gasteiger partial charge < -0.3 is 9.80 Å². The quantitative estimate of drug-likeness (QED) is 0.723. The zero-order valence-electron chi connectivity index (χ0n) is 16.4. The van der Waals surface area contributed by atoms with Crippen molar-refractivity contribution in [1.29, 1.82) is 0 Å². The number of nitrogens with one attached hydrogen (secondary N) is 1. The number of hydrogen-bond donors (Lipinski definition) is 1. The summed E-state index contributed by atoms with van der Waals surface area (Å²) in [7, 11) is -3.52. The van der Waals surface area contributed by atoms with E-state index in [9.17, 15) is 13.2 Å². The van der Waals surface area contributed by atoms with Gasteiger partial charge in [-0.2, -0.15) is 0 Å². The Bertz CT molecular complexity index is 771. The first-order valence-corrected chi connectivity index (χ1v) is 11.5. The van der Waals surface area contributed by atoms with Gasteiger partial charge in [-0.25, -0.2) is 13.1 Å². The lowest BCUT2D eigenvalue weighted by molar-refractivity contribution is -0.117. The molecule has 6 nitrogen and oxygen atoms in total. The van der Waals surface area contributed by atoms with Crippen LogP contribution in [0, 0.1) is 12.8 Å². The van der Waals surface area contributed by atoms with E-state index in [-0.39, 0.29) is 10.8 Å². The standard InChI is InChI=1S/C20H31N3O3S/c1-16-8-13-22(14-9-16)11-4-10-21-27(25,26)18-6-7-19(17(2)15-18)23-12-3-5-20(23)24/h6-7,15-16,21H,3-5,8-14H2,1-2H3. The molecule has 2 heterocycles. The number of amides is 1. The Balaban J connectivity index is 1.53. The fourth-order valence-electron chi connectivity index (χ4n) is 3.88. The summed E-state index contributed by atoms with van der Waals surface area (Å²) in [6, 6.07) is 5.01. The Morgan fingerprint density at radius 2 is 1.93 bits per heavy atom. The minimum atomic E-state index is -3.52. The third kappa shape index (κ3) is 5.09. The second kappa shape index (κ2) is 8.71. The highest BCUT2D eigenvalue weighted by atomic mass is 32.2. The Morgan fingerprint density at radius 1 is 1.19 bits per heavy atom. The average Bonchev–Trinajstić information content (AvgIpc) is 3.06. The highest BCUT2D eigenvalue weighted by molar-refractivity contribution is 7.89. The number of aryl methyl sites for hydroxylation is 1. The van der Waals surface area contributed by atoms with Gasteiger partial charge in [0.25, 0.3) is 0 Å². The van der Waals surface area contributed by atoms with Gasteiger partial charge in [-0.05, 0) is 81.9 Å². The molecule has 0 atom stereocenters. The van der Waals surface area contributed by atoms with Crippen molar-refractivity contribution in [3.05, 3.63) is 23.8 Å². The average molecular weight is 394 g/mol. The van der Waals surface area contributed by atoms with Crippen molar-refractivity contribution in [2.75, 3.05) is 37.6 Å². The first-order valence-electron chi connectivity index (χ1n) is 10.00. The number of benzene rings is 1. The minimum absolute atomic E-state index is 0.110. The van der Waals surface area contributed by atoms with Gasteiger partial charge in [0.15, 0.2) is 0 Å². The molecule has 0 aromatic heterocycles. The van der Waals surface area contributed by atoms with Crippen LogP contribution in [0.2, 0.25) is 0 Å². The second-order valence-electron chi connectivity index (χ2n) is 7.87. The highest BCUT2D eigenvalue weighted by Crippen LogP contribution is 2.27. The maximum absolute atomic E-state index is 12.6. The predicted octanol–water partition coefficient (Wildman–Crippen LogP) is 2.52. The third-order valence-corrected chi connectivity index (χ3v) is 7.12. The number of hydrogen-bond acceptors (Lipinski definition) is 4. The molecule has 0 unspecified atom stereocenters. The van der Waals surface area contributed by atoms with E-state index >= 15 is 0 Å². The van der Waals surface area contributed by atoms with Crippen LogP contribution < -0.4 is 9.62 Å². The number of carbonyl (C=O) groups is 1. The number of sulfonamides is 1. The maximum atomic E-state index is 12.6. The molecule has 0 saturated carbocycles. The molecule has 2 aliphatic rings. The number of carbonyl (C=O) groups excluding carboxylic acids is 1. The van der Waals surface area contributed by atoms with Crippen molar-refractivity contribution in [1.82, 2.24) is 9.62 Å². The summed E-state index contributed by atoms with van der Waals surface area (Å²) in [4.78, 5) is 16.4. The summed E-state index contributed by atoms with van der Waals surface area (Å²) in [6.45, 7) is 8.46. The van der Waals surface area contributed by atoms with E-state index in [1.807, 2.05) is 6.92 Å². The molecule has 2 saturated heterocycles. The molecule has 0 spiro atoms. The van der Waals surface area contributed by atoms with Crippen LogP contribution in [0.5, 0.6) is 0 Å². The van der Waals surface area contributed by atoms with E-state index in [1.165, 1.54) is 12.8 Å². The number of anilines is 1. The number of likely N-dealkylation sites (tertiary alicyclic amines) is 1. The monoisotopic (exact) mass is 393 g/mol. The van der Waals surface area contributed by atoms with Gasteiger partial charge in [0, 0.05) is 25.2 Å². The fraction of sp³-hybridized carbons (Fsp3) is 0.650. The lowest BCUT2D eigenvalue weighted by Gasteiger charge is -2.30. The Morgan fingerprint density at radius 3 is 2.56 bits per heavy atom. The fourth-order valence-corrected chi connectivity index (χ4v) is 5.04. The molecule has 0 radical (unpaired) electrons. The van der Waals surface area contributed by atoms with Crippen LogP contribution in [-0.4, -0.2) is 51.9 Å². The smallest absolute Gasteiger partial charge is 0.240 e. The largest absolute Gasteiger partial charge is 0.312 e. The first-order chi connectivity index (χ1) is 12.9. The van der Waals surface area contributed by atoms with Crippen LogP contribution in [0.1, 0.15) is 44.6 Å². The predicted molar refractivity (Wildman–Crippen MR) is 107 cm³/mol. The summed E-state index contributed by atoms with van der Waals surface area (Å²) in [6.07, 6.45) is 4.70. The molecule has 1 N–H and O–H groups in total. The van der Waals surface area contributed by atoms with Gasteiger partial charge in [-0.15, -0.1) is 0 Å². The lowest BCUT2D eigenvalue weighted by atomic mass is 9.99. The van der Waals surface area contributed by atoms with Crippen LogP contribution in [0.15, 0.2) is 23.1 Å². The lowest BCUT2D eigenvalue weighted by Crippen LogP contribution is -2.35. The van der Waals surface area contributed by atoms with Crippen molar-refractivity contribution in [2.24, 2.45) is 5.92 Å². The van der Waals surface area contributed by atoms with E-state index in [2.05, 4.69) is 16.5 Å². The summed E-state index contributed by atoms with van der Waals surface area (Å²) in [5.74, 6) is 0.917. The molecule has 2 fully saturated rings. The van der Waals surface area contributed by atoms with Gasteiger partial charge in [0.1, 0.15) is 0 Å². The minimum Gasteiger partial charge on any atom is -0.312 e. The van der Waals surface area contributed by atoms with E-state index in [1.54, 1.807) is 23.1 Å². The summed E-state index contributed by atoms with van der Waals surface area (Å²) < 4.78 is 27.9. The van der Waals surface area contributed by atoms with Crippen molar-refractivity contribution in [2.45, 2.75) is 50.8 Å². The zero-order valence-corrected chi connectivity index (χ0v) is 17.2. The van der Waals surface area contributed by atoms with Crippen molar-refractivity contribution < 1.29 is 13.2 Å². The highest BCUT2D eigenvalue weighted by Gasteiger charge is 2.24. The molecule has 1 aromatic carbocycles. The van der Waals surface area contributed by atoms with Crippen LogP contribution in [0.4, 0.5) is 5.69 Å². The summed E-state index contributed by atoms with van der Waals surface area (Å²) in [5, 5.41) is 0. The van der Waals surface area contributed by atoms with Crippen LogP contribution in [0.25, 0.3) is 0 Å². The summed E-state index contributed by atoms with van der Waals surface area (Å²) >= 11 is 0. The number of piperidine rings is 1. The SMILES string of the molecule is Cc1cc(S(=O)(=O)NCCCN2CCC(C)CC2)ccc1N1CCCC1=O. The zero-order chi connectivity index (χ0) is 19.4. The molecule has 0 bridgehead atoms. The summed E-state index contributed by atoms with van der Waals surface area (Å²) in [5.41, 5.74) is 1.63.